The average Bonchev–Trinajstić information content (AvgIpc) is 2.69. The number of nitrogens with zero attached hydrogens (tertiary/aromatic N) is 2. The molecule has 0 unspecified atom stereocenters. The number of amides is 1. The summed E-state index contributed by atoms with van der Waals surface area (Å²) in [6.07, 6.45) is 0. The van der Waals surface area contributed by atoms with E-state index in [1.54, 1.807) is 42.3 Å². The zero-order chi connectivity index (χ0) is 19.4. The number of aryl methyl sites for hydroxylation is 1. The van der Waals surface area contributed by atoms with Crippen LogP contribution in [0, 0.1) is 12.7 Å². The number of hydrogen-bond acceptors (Lipinski definition) is 4. The van der Waals surface area contributed by atoms with Crippen molar-refractivity contribution in [3.05, 3.63) is 65.0 Å². The molecule has 0 spiro atoms. The molecule has 0 atom stereocenters. The number of benzene rings is 2. The average molecular weight is 370 g/mol. The van der Waals surface area contributed by atoms with E-state index in [0.29, 0.717) is 37.5 Å². The molecule has 1 aliphatic heterocycles. The summed E-state index contributed by atoms with van der Waals surface area (Å²) >= 11 is 0. The standard InChI is InChI=1S/C21H23FN2O3/c1-15-7-8-18(22)17(13-15)19(25)14-23-9-11-24(12-10-23)21(26)16-5-3-4-6-20(16)27-2/h3-8,13H,9-12,14H2,1-2H3. The molecular formula is C21H23FN2O3. The maximum absolute atomic E-state index is 13.9. The van der Waals surface area contributed by atoms with Gasteiger partial charge in [-0.1, -0.05) is 23.8 Å². The molecule has 0 saturated carbocycles. The third kappa shape index (κ3) is 4.34. The van der Waals surface area contributed by atoms with Crippen LogP contribution in [-0.2, 0) is 0 Å². The van der Waals surface area contributed by atoms with Gasteiger partial charge in [-0.05, 0) is 31.2 Å². The second-order valence-corrected chi connectivity index (χ2v) is 6.68. The molecule has 3 rings (SSSR count). The quantitative estimate of drug-likeness (QED) is 0.760. The Morgan fingerprint density at radius 2 is 1.74 bits per heavy atom. The Bertz CT molecular complexity index is 845. The van der Waals surface area contributed by atoms with Crippen LogP contribution in [-0.4, -0.2) is 61.3 Å². The maximum atomic E-state index is 13.9. The van der Waals surface area contributed by atoms with Crippen molar-refractivity contribution in [1.82, 2.24) is 9.80 Å². The zero-order valence-electron chi connectivity index (χ0n) is 15.6. The Morgan fingerprint density at radius 3 is 2.44 bits per heavy atom. The summed E-state index contributed by atoms with van der Waals surface area (Å²) in [5.41, 5.74) is 1.51. The number of ketones is 1. The monoisotopic (exact) mass is 370 g/mol. The molecule has 27 heavy (non-hydrogen) atoms. The van der Waals surface area contributed by atoms with Crippen LogP contribution >= 0.6 is 0 Å². The lowest BCUT2D eigenvalue weighted by Gasteiger charge is -2.34. The van der Waals surface area contributed by atoms with Gasteiger partial charge < -0.3 is 9.64 Å². The molecule has 0 N–H and O–H groups in total. The third-order valence-corrected chi connectivity index (χ3v) is 4.79. The summed E-state index contributed by atoms with van der Waals surface area (Å²) in [4.78, 5) is 28.9. The van der Waals surface area contributed by atoms with Crippen LogP contribution < -0.4 is 4.74 Å². The van der Waals surface area contributed by atoms with E-state index in [4.69, 9.17) is 4.74 Å². The fourth-order valence-corrected chi connectivity index (χ4v) is 3.24. The minimum atomic E-state index is -0.490. The minimum absolute atomic E-state index is 0.0804. The Balaban J connectivity index is 1.59. The molecule has 1 heterocycles. The highest BCUT2D eigenvalue weighted by Crippen LogP contribution is 2.20. The van der Waals surface area contributed by atoms with Gasteiger partial charge in [0.25, 0.3) is 5.91 Å². The number of piperazine rings is 1. The number of Topliss-reactive ketones (excluding diaryl/α,β-unsaturated/α-hetero) is 1. The molecule has 0 radical (unpaired) electrons. The normalized spacial score (nSPS) is 14.9. The number of carbonyl (C=O) groups excluding carboxylic acids is 2. The fourth-order valence-electron chi connectivity index (χ4n) is 3.24. The van der Waals surface area contributed by atoms with Gasteiger partial charge in [-0.15, -0.1) is 0 Å². The van der Waals surface area contributed by atoms with E-state index >= 15 is 0 Å². The first kappa shape index (κ1) is 19.0. The van der Waals surface area contributed by atoms with Crippen LogP contribution in [0.15, 0.2) is 42.5 Å². The number of halogens is 1. The van der Waals surface area contributed by atoms with Crippen molar-refractivity contribution < 1.29 is 18.7 Å². The molecule has 2 aromatic carbocycles. The van der Waals surface area contributed by atoms with E-state index < -0.39 is 5.82 Å². The molecular weight excluding hydrogens is 347 g/mol. The van der Waals surface area contributed by atoms with Gasteiger partial charge in [0.05, 0.1) is 24.8 Å². The highest BCUT2D eigenvalue weighted by atomic mass is 19.1. The Morgan fingerprint density at radius 1 is 1.04 bits per heavy atom. The topological polar surface area (TPSA) is 49.9 Å². The van der Waals surface area contributed by atoms with E-state index in [1.165, 1.54) is 6.07 Å². The van der Waals surface area contributed by atoms with Gasteiger partial charge >= 0.3 is 0 Å². The lowest BCUT2D eigenvalue weighted by atomic mass is 10.1. The highest BCUT2D eigenvalue weighted by Gasteiger charge is 2.25. The SMILES string of the molecule is COc1ccccc1C(=O)N1CCN(CC(=O)c2cc(C)ccc2F)CC1. The number of rotatable bonds is 5. The maximum Gasteiger partial charge on any atom is 0.257 e. The lowest BCUT2D eigenvalue weighted by molar-refractivity contribution is 0.0621. The Labute approximate surface area is 158 Å². The van der Waals surface area contributed by atoms with Crippen LogP contribution in [0.1, 0.15) is 26.3 Å². The number of hydrogen-bond donors (Lipinski definition) is 0. The summed E-state index contributed by atoms with van der Waals surface area (Å²) < 4.78 is 19.2. The largest absolute Gasteiger partial charge is 0.496 e. The zero-order valence-corrected chi connectivity index (χ0v) is 15.6. The molecule has 1 saturated heterocycles. The van der Waals surface area contributed by atoms with E-state index in [0.717, 1.165) is 5.56 Å². The van der Waals surface area contributed by atoms with Gasteiger partial charge in [0.15, 0.2) is 5.78 Å². The molecule has 1 aliphatic rings. The third-order valence-electron chi connectivity index (χ3n) is 4.79. The van der Waals surface area contributed by atoms with Crippen LogP contribution in [0.3, 0.4) is 0 Å². The first-order chi connectivity index (χ1) is 13.0. The van der Waals surface area contributed by atoms with Gasteiger partial charge in [-0.3, -0.25) is 14.5 Å². The van der Waals surface area contributed by atoms with Crippen molar-refractivity contribution in [2.24, 2.45) is 0 Å². The van der Waals surface area contributed by atoms with E-state index in [2.05, 4.69) is 0 Å². The lowest BCUT2D eigenvalue weighted by Crippen LogP contribution is -2.50. The molecule has 5 nitrogen and oxygen atoms in total. The van der Waals surface area contributed by atoms with E-state index in [-0.39, 0.29) is 23.8 Å². The van der Waals surface area contributed by atoms with Crippen molar-refractivity contribution in [2.45, 2.75) is 6.92 Å². The van der Waals surface area contributed by atoms with Gasteiger partial charge in [-0.25, -0.2) is 4.39 Å². The second-order valence-electron chi connectivity index (χ2n) is 6.68. The predicted molar refractivity (Wildman–Crippen MR) is 101 cm³/mol. The smallest absolute Gasteiger partial charge is 0.257 e. The molecule has 0 aromatic heterocycles. The first-order valence-corrected chi connectivity index (χ1v) is 8.93. The van der Waals surface area contributed by atoms with Crippen molar-refractivity contribution in [3.63, 3.8) is 0 Å². The number of para-hydroxylation sites is 1. The molecule has 2 aromatic rings. The molecule has 1 fully saturated rings. The number of carbonyl (C=O) groups is 2. The van der Waals surface area contributed by atoms with Crippen molar-refractivity contribution in [3.8, 4) is 5.75 Å². The first-order valence-electron chi connectivity index (χ1n) is 8.93. The van der Waals surface area contributed by atoms with Gasteiger partial charge in [0.2, 0.25) is 0 Å². The molecule has 1 amide bonds. The summed E-state index contributed by atoms with van der Waals surface area (Å²) in [7, 11) is 1.54. The van der Waals surface area contributed by atoms with Crippen molar-refractivity contribution >= 4 is 11.7 Å². The summed E-state index contributed by atoms with van der Waals surface area (Å²) in [5, 5.41) is 0. The van der Waals surface area contributed by atoms with Crippen LogP contribution in [0.2, 0.25) is 0 Å². The number of ether oxygens (including phenoxy) is 1. The van der Waals surface area contributed by atoms with Crippen molar-refractivity contribution in [1.29, 1.82) is 0 Å². The molecule has 0 aliphatic carbocycles. The second kappa shape index (κ2) is 8.31. The summed E-state index contributed by atoms with van der Waals surface area (Å²) in [5.74, 6) is -0.255. The van der Waals surface area contributed by atoms with Crippen molar-refractivity contribution in [2.75, 3.05) is 39.8 Å². The number of methoxy groups -OCH3 is 1. The van der Waals surface area contributed by atoms with Crippen LogP contribution in [0.25, 0.3) is 0 Å². The summed E-state index contributed by atoms with van der Waals surface area (Å²) in [6, 6.07) is 11.7. The fraction of sp³-hybridized carbons (Fsp3) is 0.333. The summed E-state index contributed by atoms with van der Waals surface area (Å²) in [6.45, 7) is 4.15. The molecule has 0 bridgehead atoms. The van der Waals surface area contributed by atoms with Gasteiger partial charge in [-0.2, -0.15) is 0 Å². The Hall–Kier alpha value is -2.73. The van der Waals surface area contributed by atoms with Crippen LogP contribution in [0.4, 0.5) is 4.39 Å². The van der Waals surface area contributed by atoms with Gasteiger partial charge in [0, 0.05) is 26.2 Å². The molecule has 6 heteroatoms. The molecule has 142 valence electrons. The van der Waals surface area contributed by atoms with Crippen LogP contribution in [0.5, 0.6) is 5.75 Å². The minimum Gasteiger partial charge on any atom is -0.496 e. The predicted octanol–water partition coefficient (Wildman–Crippen LogP) is 2.78. The van der Waals surface area contributed by atoms with E-state index in [9.17, 15) is 14.0 Å². The highest BCUT2D eigenvalue weighted by molar-refractivity contribution is 5.98. The van der Waals surface area contributed by atoms with Gasteiger partial charge in [0.1, 0.15) is 11.6 Å². The van der Waals surface area contributed by atoms with E-state index in [1.807, 2.05) is 17.9 Å². The Kier molecular flexibility index (Phi) is 5.86.